The van der Waals surface area contributed by atoms with E-state index < -0.39 is 0 Å². The summed E-state index contributed by atoms with van der Waals surface area (Å²) in [6, 6.07) is 11.1. The quantitative estimate of drug-likeness (QED) is 0.634. The van der Waals surface area contributed by atoms with E-state index in [2.05, 4.69) is 56.9 Å². The Balaban J connectivity index is 1.49. The van der Waals surface area contributed by atoms with Gasteiger partial charge in [0.1, 0.15) is 17.5 Å². The Hall–Kier alpha value is -3.02. The normalized spacial score (nSPS) is 22.7. The number of ether oxygens (including phenoxy) is 1. The fraction of sp³-hybridized carbons (Fsp3) is 0.538. The molecule has 3 aliphatic heterocycles. The smallest absolute Gasteiger partial charge is 0.134 e. The minimum Gasteiger partial charge on any atom is -0.378 e. The van der Waals surface area contributed by atoms with Crippen molar-refractivity contribution in [2.75, 3.05) is 49.6 Å². The van der Waals surface area contributed by atoms with Gasteiger partial charge in [0.25, 0.3) is 0 Å². The number of nitriles is 1. The summed E-state index contributed by atoms with van der Waals surface area (Å²) in [5.41, 5.74) is 1.76. The van der Waals surface area contributed by atoms with Gasteiger partial charge >= 0.3 is 0 Å². The topological polar surface area (TPSA) is 89.7 Å². The minimum atomic E-state index is -0.0676. The van der Waals surface area contributed by atoms with Crippen LogP contribution in [0.25, 0.3) is 0 Å². The van der Waals surface area contributed by atoms with Crippen LogP contribution in [0.2, 0.25) is 0 Å². The minimum absolute atomic E-state index is 0.0676. The Bertz CT molecular complexity index is 1070. The van der Waals surface area contributed by atoms with Crippen molar-refractivity contribution < 1.29 is 4.74 Å². The van der Waals surface area contributed by atoms with Gasteiger partial charge < -0.3 is 19.9 Å². The number of aliphatic imine (C=N–C) groups is 1. The van der Waals surface area contributed by atoms with Gasteiger partial charge in [-0.25, -0.2) is 9.97 Å². The first-order chi connectivity index (χ1) is 16.6. The lowest BCUT2D eigenvalue weighted by molar-refractivity contribution is -0.0754. The van der Waals surface area contributed by atoms with Crippen LogP contribution in [-0.2, 0) is 10.2 Å². The molecule has 8 heteroatoms. The lowest BCUT2D eigenvalue weighted by Gasteiger charge is -2.46. The first-order valence-electron chi connectivity index (χ1n) is 12.3. The van der Waals surface area contributed by atoms with E-state index in [0.717, 1.165) is 57.3 Å². The van der Waals surface area contributed by atoms with Crippen LogP contribution in [0.1, 0.15) is 43.7 Å². The molecule has 0 aromatic carbocycles. The molecule has 3 saturated heterocycles. The molecular weight excluding hydrogens is 426 g/mol. The largest absolute Gasteiger partial charge is 0.378 e. The standard InChI is InChI=1S/C26H33N7O/c1-19-4-3-9-33(19)25-14-21(13-24(31-25)30-23-12-20(15-27)5-8-29-23)26(18-28-2)6-10-32(11-7-26)22-16-34-17-22/h5,8,12-14,19,22H,2-4,6-7,9-11,16-18H2,1H3,(H,29,30,31)/t19-/m1/s1. The summed E-state index contributed by atoms with van der Waals surface area (Å²) in [7, 11) is 0. The average Bonchev–Trinajstić information content (AvgIpc) is 3.25. The molecule has 5 rings (SSSR count). The van der Waals surface area contributed by atoms with Crippen LogP contribution in [-0.4, -0.2) is 73.1 Å². The van der Waals surface area contributed by atoms with Crippen molar-refractivity contribution in [2.24, 2.45) is 4.99 Å². The monoisotopic (exact) mass is 459 g/mol. The SMILES string of the molecule is C=NCC1(c2cc(Nc3cc(C#N)ccn3)nc(N3CCC[C@H]3C)c2)CCN(C2COC2)CC1. The van der Waals surface area contributed by atoms with Crippen molar-refractivity contribution >= 4 is 24.2 Å². The fourth-order valence-corrected chi connectivity index (χ4v) is 5.51. The molecule has 5 heterocycles. The van der Waals surface area contributed by atoms with Crippen molar-refractivity contribution in [3.63, 3.8) is 0 Å². The van der Waals surface area contributed by atoms with Gasteiger partial charge in [-0.3, -0.25) is 4.90 Å². The van der Waals surface area contributed by atoms with Crippen LogP contribution < -0.4 is 10.2 Å². The van der Waals surface area contributed by atoms with E-state index >= 15 is 0 Å². The maximum atomic E-state index is 9.28. The third-order valence-electron chi connectivity index (χ3n) is 7.72. The molecule has 2 aromatic heterocycles. The number of nitrogens with one attached hydrogen (secondary N) is 1. The number of aromatic nitrogens is 2. The second-order valence-electron chi connectivity index (χ2n) is 9.84. The number of pyridine rings is 2. The predicted molar refractivity (Wildman–Crippen MR) is 134 cm³/mol. The summed E-state index contributed by atoms with van der Waals surface area (Å²) in [5.74, 6) is 2.38. The number of hydrogen-bond acceptors (Lipinski definition) is 8. The van der Waals surface area contributed by atoms with Crippen LogP contribution >= 0.6 is 0 Å². The highest BCUT2D eigenvalue weighted by atomic mass is 16.5. The molecular formula is C26H33N7O. The van der Waals surface area contributed by atoms with E-state index in [0.29, 0.717) is 30.0 Å². The lowest BCUT2D eigenvalue weighted by Crippen LogP contribution is -2.54. The Kier molecular flexibility index (Phi) is 6.48. The van der Waals surface area contributed by atoms with E-state index in [9.17, 15) is 5.26 Å². The molecule has 34 heavy (non-hydrogen) atoms. The maximum absolute atomic E-state index is 9.28. The number of likely N-dealkylation sites (tertiary alicyclic amines) is 1. The summed E-state index contributed by atoms with van der Waals surface area (Å²) in [4.78, 5) is 18.8. The number of hydrogen-bond donors (Lipinski definition) is 1. The van der Waals surface area contributed by atoms with E-state index in [1.807, 2.05) is 0 Å². The van der Waals surface area contributed by atoms with Crippen LogP contribution in [0, 0.1) is 11.3 Å². The molecule has 1 N–H and O–H groups in total. The molecule has 3 aliphatic rings. The van der Waals surface area contributed by atoms with Crippen LogP contribution in [0.15, 0.2) is 35.5 Å². The van der Waals surface area contributed by atoms with Crippen molar-refractivity contribution in [1.29, 1.82) is 5.26 Å². The first kappa shape index (κ1) is 22.8. The fourth-order valence-electron chi connectivity index (χ4n) is 5.51. The highest BCUT2D eigenvalue weighted by Crippen LogP contribution is 2.40. The van der Waals surface area contributed by atoms with Gasteiger partial charge in [0.2, 0.25) is 0 Å². The lowest BCUT2D eigenvalue weighted by atomic mass is 9.72. The van der Waals surface area contributed by atoms with Crippen LogP contribution in [0.4, 0.5) is 17.5 Å². The third-order valence-corrected chi connectivity index (χ3v) is 7.72. The maximum Gasteiger partial charge on any atom is 0.134 e. The van der Waals surface area contributed by atoms with Gasteiger partial charge in [-0.1, -0.05) is 0 Å². The van der Waals surface area contributed by atoms with Crippen LogP contribution in [0.3, 0.4) is 0 Å². The van der Waals surface area contributed by atoms with Crippen molar-refractivity contribution in [3.8, 4) is 6.07 Å². The summed E-state index contributed by atoms with van der Waals surface area (Å²) in [6.07, 6.45) is 6.07. The highest BCUT2D eigenvalue weighted by Gasteiger charge is 2.40. The Morgan fingerprint density at radius 3 is 2.71 bits per heavy atom. The summed E-state index contributed by atoms with van der Waals surface area (Å²) >= 11 is 0. The van der Waals surface area contributed by atoms with Gasteiger partial charge in [0.05, 0.1) is 30.9 Å². The zero-order valence-corrected chi connectivity index (χ0v) is 19.9. The highest BCUT2D eigenvalue weighted by molar-refractivity contribution is 5.60. The van der Waals surface area contributed by atoms with Crippen molar-refractivity contribution in [3.05, 3.63) is 41.6 Å². The van der Waals surface area contributed by atoms with Crippen molar-refractivity contribution in [2.45, 2.75) is 50.1 Å². The van der Waals surface area contributed by atoms with Gasteiger partial charge in [-0.2, -0.15) is 5.26 Å². The molecule has 1 atom stereocenters. The first-order valence-corrected chi connectivity index (χ1v) is 12.3. The zero-order valence-electron chi connectivity index (χ0n) is 19.9. The molecule has 0 radical (unpaired) electrons. The summed E-state index contributed by atoms with van der Waals surface area (Å²) in [5, 5.41) is 12.6. The van der Waals surface area contributed by atoms with E-state index in [-0.39, 0.29) is 5.41 Å². The molecule has 2 aromatic rings. The average molecular weight is 460 g/mol. The number of piperidine rings is 1. The van der Waals surface area contributed by atoms with Gasteiger partial charge in [-0.05, 0) is 82.2 Å². The molecule has 178 valence electrons. The molecule has 8 nitrogen and oxygen atoms in total. The molecule has 0 bridgehead atoms. The molecule has 0 saturated carbocycles. The molecule has 3 fully saturated rings. The third kappa shape index (κ3) is 4.50. The number of anilines is 3. The molecule has 0 aliphatic carbocycles. The van der Waals surface area contributed by atoms with Gasteiger partial charge in [-0.15, -0.1) is 0 Å². The van der Waals surface area contributed by atoms with E-state index in [1.54, 1.807) is 18.3 Å². The number of rotatable bonds is 7. The second-order valence-corrected chi connectivity index (χ2v) is 9.84. The van der Waals surface area contributed by atoms with Gasteiger partial charge in [0, 0.05) is 30.7 Å². The van der Waals surface area contributed by atoms with Gasteiger partial charge in [0.15, 0.2) is 0 Å². The molecule has 0 amide bonds. The van der Waals surface area contributed by atoms with E-state index in [1.165, 1.54) is 18.4 Å². The molecule has 0 spiro atoms. The predicted octanol–water partition coefficient (Wildman–Crippen LogP) is 3.51. The Labute approximate surface area is 201 Å². The summed E-state index contributed by atoms with van der Waals surface area (Å²) in [6.45, 7) is 11.6. The zero-order chi connectivity index (χ0) is 23.5. The van der Waals surface area contributed by atoms with Crippen LogP contribution in [0.5, 0.6) is 0 Å². The summed E-state index contributed by atoms with van der Waals surface area (Å²) < 4.78 is 5.43. The van der Waals surface area contributed by atoms with E-state index in [4.69, 9.17) is 9.72 Å². The Morgan fingerprint density at radius 2 is 2.06 bits per heavy atom. The molecule has 0 unspecified atom stereocenters. The van der Waals surface area contributed by atoms with Crippen molar-refractivity contribution in [1.82, 2.24) is 14.9 Å². The second kappa shape index (κ2) is 9.69. The Morgan fingerprint density at radius 1 is 1.24 bits per heavy atom. The number of nitrogens with zero attached hydrogens (tertiary/aromatic N) is 6.